The van der Waals surface area contributed by atoms with E-state index < -0.39 is 12.1 Å². The van der Waals surface area contributed by atoms with Crippen LogP contribution in [-0.4, -0.2) is 60.0 Å². The number of likely N-dealkylation sites (tertiary alicyclic amines) is 1. The Hall–Kier alpha value is -0.650. The van der Waals surface area contributed by atoms with Gasteiger partial charge in [-0.25, -0.2) is 0 Å². The second kappa shape index (κ2) is 5.29. The molecule has 0 aromatic carbocycles. The molecule has 82 valence electrons. The first-order valence-electron chi connectivity index (χ1n) is 4.84. The molecule has 0 aliphatic carbocycles. The van der Waals surface area contributed by atoms with E-state index in [1.807, 2.05) is 11.8 Å². The third-order valence-electron chi connectivity index (χ3n) is 2.29. The molecule has 5 heteroatoms. The summed E-state index contributed by atoms with van der Waals surface area (Å²) in [4.78, 5) is 12.4. The summed E-state index contributed by atoms with van der Waals surface area (Å²) in [5.41, 5.74) is 0. The second-order valence-corrected chi connectivity index (χ2v) is 3.57. The van der Waals surface area contributed by atoms with Crippen LogP contribution in [0.1, 0.15) is 6.92 Å². The molecule has 1 aliphatic heterocycles. The number of carboxylic acid groups (broad SMARTS) is 1. The van der Waals surface area contributed by atoms with Crippen molar-refractivity contribution in [1.29, 1.82) is 0 Å². The number of ether oxygens (including phenoxy) is 1. The fourth-order valence-corrected chi connectivity index (χ4v) is 1.48. The van der Waals surface area contributed by atoms with Crippen molar-refractivity contribution < 1.29 is 19.7 Å². The van der Waals surface area contributed by atoms with Crippen LogP contribution in [-0.2, 0) is 9.53 Å². The smallest absolute Gasteiger partial charge is 0.309 e. The number of aliphatic carboxylic acids is 1. The lowest BCUT2D eigenvalue weighted by Crippen LogP contribution is -2.53. The van der Waals surface area contributed by atoms with Crippen LogP contribution in [0.2, 0.25) is 0 Å². The van der Waals surface area contributed by atoms with Crippen LogP contribution in [0.4, 0.5) is 0 Å². The number of carboxylic acids is 1. The lowest BCUT2D eigenvalue weighted by molar-refractivity contribution is -0.148. The zero-order chi connectivity index (χ0) is 10.6. The van der Waals surface area contributed by atoms with Crippen LogP contribution in [0, 0.1) is 5.92 Å². The van der Waals surface area contributed by atoms with Crippen molar-refractivity contribution in [1.82, 2.24) is 4.90 Å². The van der Waals surface area contributed by atoms with Crippen LogP contribution < -0.4 is 0 Å². The van der Waals surface area contributed by atoms with Crippen LogP contribution in [0.25, 0.3) is 0 Å². The van der Waals surface area contributed by atoms with Gasteiger partial charge in [0.05, 0.1) is 18.6 Å². The maximum Gasteiger partial charge on any atom is 0.309 e. The van der Waals surface area contributed by atoms with Crippen molar-refractivity contribution >= 4 is 5.97 Å². The fourth-order valence-electron chi connectivity index (χ4n) is 1.48. The minimum atomic E-state index is -0.749. The van der Waals surface area contributed by atoms with Crippen molar-refractivity contribution in [2.45, 2.75) is 13.0 Å². The summed E-state index contributed by atoms with van der Waals surface area (Å²) in [5, 5.41) is 18.0. The van der Waals surface area contributed by atoms with Gasteiger partial charge in [-0.2, -0.15) is 0 Å². The van der Waals surface area contributed by atoms with Crippen molar-refractivity contribution in [3.05, 3.63) is 0 Å². The minimum Gasteiger partial charge on any atom is -0.481 e. The minimum absolute atomic E-state index is 0.255. The first kappa shape index (κ1) is 11.4. The SMILES string of the molecule is CCOCC(O)CN1CC(C(=O)O)C1. The average molecular weight is 203 g/mol. The topological polar surface area (TPSA) is 70.0 Å². The fraction of sp³-hybridized carbons (Fsp3) is 0.889. The van der Waals surface area contributed by atoms with E-state index in [0.717, 1.165) is 0 Å². The van der Waals surface area contributed by atoms with E-state index in [4.69, 9.17) is 9.84 Å². The lowest BCUT2D eigenvalue weighted by Gasteiger charge is -2.37. The van der Waals surface area contributed by atoms with E-state index in [0.29, 0.717) is 32.8 Å². The highest BCUT2D eigenvalue weighted by Crippen LogP contribution is 2.15. The highest BCUT2D eigenvalue weighted by atomic mass is 16.5. The van der Waals surface area contributed by atoms with Crippen molar-refractivity contribution in [2.24, 2.45) is 5.92 Å². The molecular formula is C9H17NO4. The molecule has 0 saturated carbocycles. The highest BCUT2D eigenvalue weighted by Gasteiger charge is 2.33. The molecule has 0 radical (unpaired) electrons. The van der Waals surface area contributed by atoms with Gasteiger partial charge < -0.3 is 14.9 Å². The summed E-state index contributed by atoms with van der Waals surface area (Å²) in [7, 11) is 0. The number of aliphatic hydroxyl groups is 1. The molecule has 1 rings (SSSR count). The number of aliphatic hydroxyl groups excluding tert-OH is 1. The van der Waals surface area contributed by atoms with Gasteiger partial charge >= 0.3 is 5.97 Å². The van der Waals surface area contributed by atoms with Gasteiger partial charge in [0.2, 0.25) is 0 Å². The van der Waals surface area contributed by atoms with E-state index in [1.54, 1.807) is 0 Å². The quantitative estimate of drug-likeness (QED) is 0.603. The van der Waals surface area contributed by atoms with E-state index in [-0.39, 0.29) is 5.92 Å². The van der Waals surface area contributed by atoms with Crippen LogP contribution >= 0.6 is 0 Å². The predicted molar refractivity (Wildman–Crippen MR) is 50.1 cm³/mol. The van der Waals surface area contributed by atoms with Gasteiger partial charge in [-0.05, 0) is 6.92 Å². The first-order chi connectivity index (χ1) is 6.63. The third kappa shape index (κ3) is 3.25. The summed E-state index contributed by atoms with van der Waals surface area (Å²) in [6.07, 6.45) is -0.510. The Kier molecular flexibility index (Phi) is 4.31. The van der Waals surface area contributed by atoms with Gasteiger partial charge in [-0.15, -0.1) is 0 Å². The Morgan fingerprint density at radius 1 is 1.64 bits per heavy atom. The molecule has 2 N–H and O–H groups in total. The van der Waals surface area contributed by atoms with Gasteiger partial charge in [-0.1, -0.05) is 0 Å². The van der Waals surface area contributed by atoms with Crippen molar-refractivity contribution in [3.8, 4) is 0 Å². The third-order valence-corrected chi connectivity index (χ3v) is 2.29. The zero-order valence-corrected chi connectivity index (χ0v) is 8.35. The standard InChI is InChI=1S/C9H17NO4/c1-2-14-6-8(11)5-10-3-7(4-10)9(12)13/h7-8,11H,2-6H2,1H3,(H,12,13). The lowest BCUT2D eigenvalue weighted by atomic mass is 10.0. The summed E-state index contributed by atoms with van der Waals surface area (Å²) in [5.74, 6) is -1.00. The molecule has 1 aliphatic rings. The maximum absolute atomic E-state index is 10.5. The molecule has 1 atom stereocenters. The Morgan fingerprint density at radius 2 is 2.29 bits per heavy atom. The summed E-state index contributed by atoms with van der Waals surface area (Å²) in [6, 6.07) is 0. The predicted octanol–water partition coefficient (Wildman–Crippen LogP) is -0.600. The number of nitrogens with zero attached hydrogens (tertiary/aromatic N) is 1. The van der Waals surface area contributed by atoms with Crippen LogP contribution in [0.3, 0.4) is 0 Å². The normalized spacial score (nSPS) is 20.4. The van der Waals surface area contributed by atoms with Crippen LogP contribution in [0.5, 0.6) is 0 Å². The number of hydrogen-bond donors (Lipinski definition) is 2. The molecule has 0 aromatic heterocycles. The highest BCUT2D eigenvalue weighted by molar-refractivity contribution is 5.71. The molecule has 0 amide bonds. The van der Waals surface area contributed by atoms with Crippen molar-refractivity contribution in [3.63, 3.8) is 0 Å². The maximum atomic E-state index is 10.5. The number of β-amino-alcohol motifs (C(OH)–C–C–N with tert-alkyl or cyclic N) is 1. The Morgan fingerprint density at radius 3 is 2.79 bits per heavy atom. The van der Waals surface area contributed by atoms with Crippen molar-refractivity contribution in [2.75, 3.05) is 32.8 Å². The number of carbonyl (C=O) groups is 1. The van der Waals surface area contributed by atoms with Gasteiger partial charge in [0.25, 0.3) is 0 Å². The summed E-state index contributed by atoms with van der Waals surface area (Å²) < 4.78 is 5.05. The first-order valence-corrected chi connectivity index (χ1v) is 4.84. The van der Waals surface area contributed by atoms with E-state index >= 15 is 0 Å². The Labute approximate surface area is 83.3 Å². The van der Waals surface area contributed by atoms with Gasteiger partial charge in [0, 0.05) is 26.2 Å². The average Bonchev–Trinajstić information content (AvgIpc) is 2.06. The molecular weight excluding hydrogens is 186 g/mol. The molecule has 5 nitrogen and oxygen atoms in total. The van der Waals surface area contributed by atoms with E-state index in [9.17, 15) is 9.90 Å². The molecule has 1 unspecified atom stereocenters. The van der Waals surface area contributed by atoms with Crippen LogP contribution in [0.15, 0.2) is 0 Å². The molecule has 1 heterocycles. The summed E-state index contributed by atoms with van der Waals surface area (Å²) >= 11 is 0. The monoisotopic (exact) mass is 203 g/mol. The molecule has 1 saturated heterocycles. The summed E-state index contributed by atoms with van der Waals surface area (Å²) in [6.45, 7) is 4.37. The Balaban J connectivity index is 2.07. The zero-order valence-electron chi connectivity index (χ0n) is 8.35. The van der Waals surface area contributed by atoms with Gasteiger partial charge in [0.15, 0.2) is 0 Å². The van der Waals surface area contributed by atoms with Gasteiger partial charge in [0.1, 0.15) is 0 Å². The molecule has 1 fully saturated rings. The largest absolute Gasteiger partial charge is 0.481 e. The molecule has 0 aromatic rings. The molecule has 0 bridgehead atoms. The van der Waals surface area contributed by atoms with Gasteiger partial charge in [-0.3, -0.25) is 9.69 Å². The van der Waals surface area contributed by atoms with E-state index in [1.165, 1.54) is 0 Å². The number of rotatable bonds is 6. The van der Waals surface area contributed by atoms with E-state index in [2.05, 4.69) is 0 Å². The molecule has 14 heavy (non-hydrogen) atoms. The molecule has 0 spiro atoms. The second-order valence-electron chi connectivity index (χ2n) is 3.57. The number of hydrogen-bond acceptors (Lipinski definition) is 4. The Bertz CT molecular complexity index is 191.